The van der Waals surface area contributed by atoms with Crippen LogP contribution >= 0.6 is 27.3 Å². The average Bonchev–Trinajstić information content (AvgIpc) is 2.54. The van der Waals surface area contributed by atoms with Gasteiger partial charge in [-0.15, -0.1) is 11.3 Å². The lowest BCUT2D eigenvalue weighted by molar-refractivity contribution is -0.121. The van der Waals surface area contributed by atoms with Crippen LogP contribution in [0.4, 0.5) is 0 Å². The molecule has 0 aliphatic carbocycles. The number of rotatable bonds is 3. The summed E-state index contributed by atoms with van der Waals surface area (Å²) in [6, 6.07) is 2.37. The lowest BCUT2D eigenvalue weighted by Crippen LogP contribution is -2.31. The molecule has 1 saturated heterocycles. The van der Waals surface area contributed by atoms with Crippen molar-refractivity contribution in [2.75, 3.05) is 6.54 Å². The van der Waals surface area contributed by atoms with Gasteiger partial charge in [0.2, 0.25) is 5.91 Å². The van der Waals surface area contributed by atoms with Gasteiger partial charge in [0.1, 0.15) is 0 Å². The van der Waals surface area contributed by atoms with Gasteiger partial charge in [-0.2, -0.15) is 0 Å². The summed E-state index contributed by atoms with van der Waals surface area (Å²) in [7, 11) is 0. The van der Waals surface area contributed by atoms with E-state index in [9.17, 15) is 4.79 Å². The molecular formula is C11H15BrN2OS. The molecule has 1 aromatic heterocycles. The third-order valence-corrected chi connectivity index (χ3v) is 4.65. The van der Waals surface area contributed by atoms with Crippen molar-refractivity contribution in [2.45, 2.75) is 31.8 Å². The van der Waals surface area contributed by atoms with Crippen molar-refractivity contribution in [3.8, 4) is 0 Å². The normalized spacial score (nSPS) is 21.6. The fraction of sp³-hybridized carbons (Fsp3) is 0.545. The Balaban J connectivity index is 1.85. The van der Waals surface area contributed by atoms with Gasteiger partial charge in [0, 0.05) is 34.9 Å². The molecule has 0 saturated carbocycles. The Morgan fingerprint density at radius 1 is 1.62 bits per heavy atom. The minimum Gasteiger partial charge on any atom is -0.356 e. The Bertz CT molecular complexity index is 367. The smallest absolute Gasteiger partial charge is 0.221 e. The lowest BCUT2D eigenvalue weighted by atomic mass is 10.1. The highest BCUT2D eigenvalue weighted by Crippen LogP contribution is 2.22. The van der Waals surface area contributed by atoms with E-state index < -0.39 is 0 Å². The largest absolute Gasteiger partial charge is 0.356 e. The van der Waals surface area contributed by atoms with Crippen LogP contribution in [-0.2, 0) is 11.3 Å². The van der Waals surface area contributed by atoms with Crippen LogP contribution in [0.1, 0.15) is 24.1 Å². The van der Waals surface area contributed by atoms with Crippen LogP contribution in [0.15, 0.2) is 15.9 Å². The molecular weight excluding hydrogens is 288 g/mol. The van der Waals surface area contributed by atoms with Crippen LogP contribution in [0.5, 0.6) is 0 Å². The number of nitrogens with one attached hydrogen (secondary N) is 2. The molecule has 16 heavy (non-hydrogen) atoms. The van der Waals surface area contributed by atoms with Crippen LogP contribution in [0.3, 0.4) is 0 Å². The van der Waals surface area contributed by atoms with Crippen molar-refractivity contribution >= 4 is 33.2 Å². The molecule has 5 heteroatoms. The Morgan fingerprint density at radius 3 is 3.25 bits per heavy atom. The second-order valence-corrected chi connectivity index (χ2v) is 5.82. The maximum atomic E-state index is 11.4. The number of halogens is 1. The standard InChI is InChI=1S/C11H15BrN2OS/c12-9-3-5-16-10(9)7-14-8-2-1-4-13-11(15)6-8/h3,5,8,14H,1-2,4,6-7H2,(H,13,15). The van der Waals surface area contributed by atoms with Crippen LogP contribution < -0.4 is 10.6 Å². The summed E-state index contributed by atoms with van der Waals surface area (Å²) in [5.74, 6) is 0.167. The van der Waals surface area contributed by atoms with Crippen LogP contribution in [0.25, 0.3) is 0 Å². The maximum absolute atomic E-state index is 11.4. The number of hydrogen-bond donors (Lipinski definition) is 2. The molecule has 2 N–H and O–H groups in total. The molecule has 1 amide bonds. The first-order chi connectivity index (χ1) is 7.75. The minimum absolute atomic E-state index is 0.167. The number of hydrogen-bond acceptors (Lipinski definition) is 3. The first kappa shape index (κ1) is 12.1. The fourth-order valence-corrected chi connectivity index (χ4v) is 3.28. The van der Waals surface area contributed by atoms with E-state index in [0.717, 1.165) is 30.4 Å². The van der Waals surface area contributed by atoms with Crippen molar-refractivity contribution in [3.05, 3.63) is 20.8 Å². The number of carbonyl (C=O) groups excluding carboxylic acids is 1. The van der Waals surface area contributed by atoms with Gasteiger partial charge < -0.3 is 10.6 Å². The van der Waals surface area contributed by atoms with Crippen molar-refractivity contribution in [1.29, 1.82) is 0 Å². The zero-order chi connectivity index (χ0) is 11.4. The monoisotopic (exact) mass is 302 g/mol. The first-order valence-corrected chi connectivity index (χ1v) is 7.15. The Labute approximate surface area is 108 Å². The molecule has 2 rings (SSSR count). The van der Waals surface area contributed by atoms with Crippen LogP contribution in [-0.4, -0.2) is 18.5 Å². The molecule has 0 aromatic carbocycles. The highest BCUT2D eigenvalue weighted by Gasteiger charge is 2.16. The summed E-state index contributed by atoms with van der Waals surface area (Å²) in [6.07, 6.45) is 2.74. The molecule has 1 fully saturated rings. The van der Waals surface area contributed by atoms with Gasteiger partial charge in [-0.1, -0.05) is 0 Å². The molecule has 1 unspecified atom stereocenters. The van der Waals surface area contributed by atoms with Gasteiger partial charge in [-0.3, -0.25) is 4.79 Å². The van der Waals surface area contributed by atoms with Crippen molar-refractivity contribution in [2.24, 2.45) is 0 Å². The summed E-state index contributed by atoms with van der Waals surface area (Å²) in [5.41, 5.74) is 0. The van der Waals surface area contributed by atoms with E-state index in [1.54, 1.807) is 11.3 Å². The molecule has 0 radical (unpaired) electrons. The van der Waals surface area contributed by atoms with Gasteiger partial charge in [-0.05, 0) is 40.2 Å². The summed E-state index contributed by atoms with van der Waals surface area (Å²) in [6.45, 7) is 1.66. The topological polar surface area (TPSA) is 41.1 Å². The second kappa shape index (κ2) is 5.80. The molecule has 0 spiro atoms. The molecule has 3 nitrogen and oxygen atoms in total. The van der Waals surface area contributed by atoms with E-state index >= 15 is 0 Å². The highest BCUT2D eigenvalue weighted by atomic mass is 79.9. The van der Waals surface area contributed by atoms with Gasteiger partial charge in [0.25, 0.3) is 0 Å². The summed E-state index contributed by atoms with van der Waals surface area (Å²) < 4.78 is 1.16. The van der Waals surface area contributed by atoms with Gasteiger partial charge in [0.05, 0.1) is 0 Å². The molecule has 1 atom stereocenters. The number of amides is 1. The zero-order valence-electron chi connectivity index (χ0n) is 8.96. The molecule has 88 valence electrons. The summed E-state index contributed by atoms with van der Waals surface area (Å²) >= 11 is 5.24. The van der Waals surface area contributed by atoms with Crippen molar-refractivity contribution in [3.63, 3.8) is 0 Å². The SMILES string of the molecule is O=C1CC(NCc2sccc2Br)CCCN1. The lowest BCUT2D eigenvalue weighted by Gasteiger charge is -2.14. The Morgan fingerprint density at radius 2 is 2.50 bits per heavy atom. The maximum Gasteiger partial charge on any atom is 0.221 e. The number of carbonyl (C=O) groups is 1. The average molecular weight is 303 g/mol. The Hall–Kier alpha value is -0.390. The molecule has 0 bridgehead atoms. The summed E-state index contributed by atoms with van der Waals surface area (Å²) in [5, 5.41) is 8.42. The number of thiophene rings is 1. The molecule has 2 heterocycles. The second-order valence-electron chi connectivity index (χ2n) is 3.97. The molecule has 1 aromatic rings. The van der Waals surface area contributed by atoms with E-state index in [1.165, 1.54) is 4.88 Å². The van der Waals surface area contributed by atoms with Crippen LogP contribution in [0, 0.1) is 0 Å². The van der Waals surface area contributed by atoms with Crippen molar-refractivity contribution in [1.82, 2.24) is 10.6 Å². The van der Waals surface area contributed by atoms with Gasteiger partial charge in [0.15, 0.2) is 0 Å². The third kappa shape index (κ3) is 3.30. The predicted octanol–water partition coefficient (Wildman–Crippen LogP) is 2.27. The van der Waals surface area contributed by atoms with E-state index in [-0.39, 0.29) is 5.91 Å². The van der Waals surface area contributed by atoms with E-state index in [4.69, 9.17) is 0 Å². The van der Waals surface area contributed by atoms with Crippen LogP contribution in [0.2, 0.25) is 0 Å². The van der Waals surface area contributed by atoms with Gasteiger partial charge >= 0.3 is 0 Å². The highest BCUT2D eigenvalue weighted by molar-refractivity contribution is 9.10. The minimum atomic E-state index is 0.167. The van der Waals surface area contributed by atoms with Gasteiger partial charge in [-0.25, -0.2) is 0 Å². The first-order valence-electron chi connectivity index (χ1n) is 5.47. The third-order valence-electron chi connectivity index (χ3n) is 2.73. The Kier molecular flexibility index (Phi) is 4.37. The summed E-state index contributed by atoms with van der Waals surface area (Å²) in [4.78, 5) is 12.7. The van der Waals surface area contributed by atoms with E-state index in [1.807, 2.05) is 0 Å². The molecule has 1 aliphatic rings. The van der Waals surface area contributed by atoms with E-state index in [0.29, 0.717) is 12.5 Å². The predicted molar refractivity (Wildman–Crippen MR) is 69.5 cm³/mol. The van der Waals surface area contributed by atoms with E-state index in [2.05, 4.69) is 38.0 Å². The zero-order valence-corrected chi connectivity index (χ0v) is 11.4. The fourth-order valence-electron chi connectivity index (χ4n) is 1.84. The van der Waals surface area contributed by atoms with Crippen molar-refractivity contribution < 1.29 is 4.79 Å². The molecule has 1 aliphatic heterocycles. The quantitative estimate of drug-likeness (QED) is 0.899.